The Bertz CT molecular complexity index is 769. The highest BCUT2D eigenvalue weighted by atomic mass is 35.5. The minimum Gasteiger partial charge on any atom is -0.465 e. The third-order valence-corrected chi connectivity index (χ3v) is 4.99. The molecule has 2 aromatic rings. The van der Waals surface area contributed by atoms with E-state index in [-0.39, 0.29) is 6.54 Å². The summed E-state index contributed by atoms with van der Waals surface area (Å²) in [6, 6.07) is 11.6. The van der Waals surface area contributed by atoms with Crippen molar-refractivity contribution < 1.29 is 18.3 Å². The molecular formula is C16H15Cl2NO4S. The van der Waals surface area contributed by atoms with Crippen LogP contribution in [0.25, 0.3) is 0 Å². The van der Waals surface area contributed by atoms with Crippen molar-refractivity contribution in [3.63, 3.8) is 0 Å². The molecule has 0 aromatic heterocycles. The summed E-state index contributed by atoms with van der Waals surface area (Å²) in [5.74, 6) is -0.515. The Balaban J connectivity index is 2.23. The minimum atomic E-state index is -2.26. The van der Waals surface area contributed by atoms with E-state index in [1.54, 1.807) is 36.4 Å². The summed E-state index contributed by atoms with van der Waals surface area (Å²) in [7, 11) is 1.28. The summed E-state index contributed by atoms with van der Waals surface area (Å²) in [6.07, 6.45) is 0.411. The lowest BCUT2D eigenvalue weighted by molar-refractivity contribution is 0.0600. The van der Waals surface area contributed by atoms with Crippen molar-refractivity contribution in [2.45, 2.75) is 6.42 Å². The van der Waals surface area contributed by atoms with Gasteiger partial charge in [-0.3, -0.25) is 8.86 Å². The summed E-state index contributed by atoms with van der Waals surface area (Å²) in [4.78, 5) is 11.6. The number of esters is 1. The molecule has 24 heavy (non-hydrogen) atoms. The molecule has 2 aromatic carbocycles. The number of carbonyl (C=O) groups excluding carboxylic acids is 1. The molecule has 0 radical (unpaired) electrons. The summed E-state index contributed by atoms with van der Waals surface area (Å²) in [5.41, 5.74) is 1.49. The molecule has 0 fully saturated rings. The molecule has 128 valence electrons. The smallest absolute Gasteiger partial charge is 0.337 e. The van der Waals surface area contributed by atoms with Crippen molar-refractivity contribution in [2.24, 2.45) is 0 Å². The quantitative estimate of drug-likeness (QED) is 0.601. The zero-order chi connectivity index (χ0) is 17.7. The molecule has 8 heteroatoms. The lowest BCUT2D eigenvalue weighted by Crippen LogP contribution is -2.28. The van der Waals surface area contributed by atoms with Gasteiger partial charge in [-0.2, -0.15) is 0 Å². The van der Waals surface area contributed by atoms with Crippen LogP contribution in [0, 0.1) is 0 Å². The van der Waals surface area contributed by atoms with Gasteiger partial charge in [0, 0.05) is 6.54 Å². The molecule has 1 N–H and O–H groups in total. The zero-order valence-electron chi connectivity index (χ0n) is 12.7. The molecule has 0 saturated heterocycles. The fourth-order valence-electron chi connectivity index (χ4n) is 2.17. The zero-order valence-corrected chi connectivity index (χ0v) is 15.1. The SMILES string of the molecule is COC(=O)c1cccc(N(CCc2cccc(Cl)c2Cl)S(=O)O)c1. The van der Waals surface area contributed by atoms with E-state index in [1.165, 1.54) is 17.5 Å². The predicted octanol–water partition coefficient (Wildman–Crippen LogP) is 3.97. The van der Waals surface area contributed by atoms with Crippen molar-refractivity contribution in [1.29, 1.82) is 0 Å². The Morgan fingerprint density at radius 2 is 1.96 bits per heavy atom. The van der Waals surface area contributed by atoms with E-state index < -0.39 is 17.2 Å². The second kappa shape index (κ2) is 8.48. The summed E-state index contributed by atoms with van der Waals surface area (Å²) in [5, 5.41) is 0.852. The first-order valence-electron chi connectivity index (χ1n) is 6.94. The van der Waals surface area contributed by atoms with Crippen LogP contribution in [-0.4, -0.2) is 28.4 Å². The standard InChI is InChI=1S/C16H15Cl2NO4S/c1-23-16(20)12-5-2-6-13(10-12)19(24(21)22)9-8-11-4-3-7-14(17)15(11)18/h2-7,10H,8-9H2,1H3,(H,21,22). The van der Waals surface area contributed by atoms with Crippen LogP contribution in [0.2, 0.25) is 10.0 Å². The predicted molar refractivity (Wildman–Crippen MR) is 96.1 cm³/mol. The third-order valence-electron chi connectivity index (χ3n) is 3.36. The van der Waals surface area contributed by atoms with E-state index in [0.717, 1.165) is 5.56 Å². The first-order chi connectivity index (χ1) is 11.4. The number of anilines is 1. The fourth-order valence-corrected chi connectivity index (χ4v) is 3.12. The first kappa shape index (κ1) is 18.7. The highest BCUT2D eigenvalue weighted by Crippen LogP contribution is 2.27. The Kier molecular flexibility index (Phi) is 6.62. The second-order valence-corrected chi connectivity index (χ2v) is 6.53. The van der Waals surface area contributed by atoms with Crippen LogP contribution in [0.1, 0.15) is 15.9 Å². The van der Waals surface area contributed by atoms with Crippen molar-refractivity contribution in [3.8, 4) is 0 Å². The molecule has 0 aliphatic heterocycles. The van der Waals surface area contributed by atoms with Crippen molar-refractivity contribution in [3.05, 3.63) is 63.6 Å². The molecule has 1 unspecified atom stereocenters. The Labute approximate surface area is 152 Å². The molecule has 2 rings (SSSR count). The van der Waals surface area contributed by atoms with E-state index in [9.17, 15) is 13.6 Å². The highest BCUT2D eigenvalue weighted by molar-refractivity contribution is 7.80. The normalized spacial score (nSPS) is 11.8. The number of halogens is 2. The summed E-state index contributed by atoms with van der Waals surface area (Å²) >= 11 is 9.85. The van der Waals surface area contributed by atoms with Crippen LogP contribution in [0.15, 0.2) is 42.5 Å². The molecule has 0 aliphatic rings. The number of benzene rings is 2. The molecule has 1 atom stereocenters. The Morgan fingerprint density at radius 1 is 1.25 bits per heavy atom. The van der Waals surface area contributed by atoms with Crippen LogP contribution >= 0.6 is 23.2 Å². The van der Waals surface area contributed by atoms with Gasteiger partial charge in [0.1, 0.15) is 0 Å². The van der Waals surface area contributed by atoms with Crippen LogP contribution in [0.4, 0.5) is 5.69 Å². The van der Waals surface area contributed by atoms with Crippen molar-refractivity contribution in [1.82, 2.24) is 0 Å². The number of hydrogen-bond acceptors (Lipinski definition) is 3. The van der Waals surface area contributed by atoms with E-state index in [4.69, 9.17) is 23.2 Å². The maximum atomic E-state index is 11.7. The third kappa shape index (κ3) is 4.48. The van der Waals surface area contributed by atoms with Crippen LogP contribution in [0.3, 0.4) is 0 Å². The molecule has 0 aliphatic carbocycles. The van der Waals surface area contributed by atoms with Gasteiger partial charge >= 0.3 is 5.97 Å². The number of carbonyl (C=O) groups is 1. The lowest BCUT2D eigenvalue weighted by Gasteiger charge is -2.20. The van der Waals surface area contributed by atoms with Gasteiger partial charge in [0.05, 0.1) is 28.4 Å². The van der Waals surface area contributed by atoms with Crippen molar-refractivity contribution >= 4 is 46.1 Å². The van der Waals surface area contributed by atoms with E-state index in [1.807, 2.05) is 0 Å². The van der Waals surface area contributed by atoms with Gasteiger partial charge < -0.3 is 4.74 Å². The number of ether oxygens (including phenoxy) is 1. The maximum Gasteiger partial charge on any atom is 0.337 e. The van der Waals surface area contributed by atoms with Gasteiger partial charge in [0.2, 0.25) is 0 Å². The molecule has 5 nitrogen and oxygen atoms in total. The van der Waals surface area contributed by atoms with Gasteiger partial charge in [-0.05, 0) is 36.2 Å². The fraction of sp³-hybridized carbons (Fsp3) is 0.188. The van der Waals surface area contributed by atoms with E-state index >= 15 is 0 Å². The van der Waals surface area contributed by atoms with Gasteiger partial charge in [-0.15, -0.1) is 0 Å². The summed E-state index contributed by atoms with van der Waals surface area (Å²) < 4.78 is 27.2. The molecule has 0 saturated carbocycles. The maximum absolute atomic E-state index is 11.7. The first-order valence-corrected chi connectivity index (χ1v) is 8.75. The van der Waals surface area contributed by atoms with Gasteiger partial charge in [-0.25, -0.2) is 9.00 Å². The van der Waals surface area contributed by atoms with E-state index in [0.29, 0.717) is 27.7 Å². The van der Waals surface area contributed by atoms with E-state index in [2.05, 4.69) is 4.74 Å². The lowest BCUT2D eigenvalue weighted by atomic mass is 10.1. The number of hydrogen-bond donors (Lipinski definition) is 1. The average molecular weight is 388 g/mol. The van der Waals surface area contributed by atoms with Crippen LogP contribution in [0.5, 0.6) is 0 Å². The van der Waals surface area contributed by atoms with Crippen LogP contribution < -0.4 is 4.31 Å². The topological polar surface area (TPSA) is 66.8 Å². The second-order valence-electron chi connectivity index (χ2n) is 4.84. The number of methoxy groups -OCH3 is 1. The molecular weight excluding hydrogens is 373 g/mol. The molecule has 0 heterocycles. The molecule has 0 amide bonds. The molecule has 0 bridgehead atoms. The van der Waals surface area contributed by atoms with Crippen molar-refractivity contribution in [2.75, 3.05) is 18.0 Å². The monoisotopic (exact) mass is 387 g/mol. The average Bonchev–Trinajstić information content (AvgIpc) is 2.58. The van der Waals surface area contributed by atoms with Gasteiger partial charge in [-0.1, -0.05) is 41.4 Å². The minimum absolute atomic E-state index is 0.216. The molecule has 0 spiro atoms. The van der Waals surface area contributed by atoms with Gasteiger partial charge in [0.15, 0.2) is 0 Å². The summed E-state index contributed by atoms with van der Waals surface area (Å²) in [6.45, 7) is 0.216. The van der Waals surface area contributed by atoms with Gasteiger partial charge in [0.25, 0.3) is 11.3 Å². The Hall–Kier alpha value is -1.60. The van der Waals surface area contributed by atoms with Crippen LogP contribution in [-0.2, 0) is 22.4 Å². The largest absolute Gasteiger partial charge is 0.465 e. The highest BCUT2D eigenvalue weighted by Gasteiger charge is 2.16. The number of rotatable bonds is 6. The Morgan fingerprint density at radius 3 is 2.62 bits per heavy atom. The number of nitrogens with zero attached hydrogens (tertiary/aromatic N) is 1.